The van der Waals surface area contributed by atoms with Crippen LogP contribution in [0.25, 0.3) is 10.6 Å². The molecule has 5 rings (SSSR count). The Morgan fingerprint density at radius 2 is 1.95 bits per heavy atom. The molecule has 3 heterocycles. The van der Waals surface area contributed by atoms with Gasteiger partial charge >= 0.3 is 11.9 Å². The van der Waals surface area contributed by atoms with Crippen molar-refractivity contribution in [3.8, 4) is 10.6 Å². The number of carboxylic acid groups (broad SMARTS) is 1. The molecule has 1 aliphatic heterocycles. The lowest BCUT2D eigenvalue weighted by atomic mass is 10.0. The molecule has 214 valence electrons. The lowest BCUT2D eigenvalue weighted by Crippen LogP contribution is -2.44. The van der Waals surface area contributed by atoms with Crippen LogP contribution in [0.2, 0.25) is 0 Å². The van der Waals surface area contributed by atoms with E-state index < -0.39 is 45.2 Å². The molecule has 14 heteroatoms. The molecular weight excluding hydrogens is 568 g/mol. The molecule has 2 fully saturated rings. The topological polar surface area (TPSA) is 150 Å². The molecule has 0 radical (unpaired) electrons. The number of alkyl halides is 2. The Hall–Kier alpha value is -3.20. The van der Waals surface area contributed by atoms with Crippen molar-refractivity contribution >= 4 is 33.2 Å². The van der Waals surface area contributed by atoms with Gasteiger partial charge in [-0.3, -0.25) is 9.59 Å². The number of carbonyl (C=O) groups excluding carboxylic acids is 1. The minimum atomic E-state index is -4.30. The molecule has 2 unspecified atom stereocenters. The van der Waals surface area contributed by atoms with E-state index in [0.29, 0.717) is 44.0 Å². The summed E-state index contributed by atoms with van der Waals surface area (Å²) >= 11 is 0.748. The summed E-state index contributed by atoms with van der Waals surface area (Å²) in [5.74, 6) is -6.01. The number of sulfonamides is 1. The van der Waals surface area contributed by atoms with Crippen molar-refractivity contribution in [2.45, 2.75) is 60.3 Å². The third-order valence-corrected chi connectivity index (χ3v) is 10.3. The average Bonchev–Trinajstić information content (AvgIpc) is 3.24. The number of carboxylic acids is 1. The molecule has 0 bridgehead atoms. The van der Waals surface area contributed by atoms with E-state index in [1.807, 2.05) is 0 Å². The second-order valence-corrected chi connectivity index (χ2v) is 13.2. The van der Waals surface area contributed by atoms with Crippen LogP contribution in [0.5, 0.6) is 0 Å². The van der Waals surface area contributed by atoms with Crippen LogP contribution in [-0.2, 0) is 32.0 Å². The number of rotatable bonds is 9. The van der Waals surface area contributed by atoms with E-state index in [2.05, 4.69) is 14.4 Å². The van der Waals surface area contributed by atoms with Crippen molar-refractivity contribution in [2.75, 3.05) is 13.1 Å². The number of halogens is 2. The predicted octanol–water partition coefficient (Wildman–Crippen LogP) is 3.33. The number of likely N-dealkylation sites (tertiary alicyclic amines) is 1. The normalized spacial score (nSPS) is 21.9. The summed E-state index contributed by atoms with van der Waals surface area (Å²) in [4.78, 5) is 27.0. The maximum Gasteiger partial charge on any atom is 0.325 e. The van der Waals surface area contributed by atoms with Crippen molar-refractivity contribution in [3.05, 3.63) is 59.4 Å². The summed E-state index contributed by atoms with van der Waals surface area (Å²) in [5, 5.41) is 23.3. The summed E-state index contributed by atoms with van der Waals surface area (Å²) < 4.78 is 60.2. The maximum atomic E-state index is 13.5. The van der Waals surface area contributed by atoms with E-state index in [-0.39, 0.29) is 33.5 Å². The number of hydrogen-bond donors (Lipinski definition) is 3. The zero-order valence-electron chi connectivity index (χ0n) is 21.3. The van der Waals surface area contributed by atoms with Gasteiger partial charge in [0.1, 0.15) is 15.4 Å². The van der Waals surface area contributed by atoms with E-state index in [1.54, 1.807) is 29.2 Å². The molecule has 3 N–H and O–H groups in total. The van der Waals surface area contributed by atoms with Crippen LogP contribution < -0.4 is 4.72 Å². The third-order valence-electron chi connectivity index (χ3n) is 7.23. The zero-order valence-corrected chi connectivity index (χ0v) is 23.0. The molecule has 1 aliphatic carbocycles. The van der Waals surface area contributed by atoms with Crippen LogP contribution >= 0.6 is 11.3 Å². The number of hydrogen-bond acceptors (Lipinski definition) is 8. The largest absolute Gasteiger partial charge is 0.480 e. The van der Waals surface area contributed by atoms with Crippen LogP contribution in [-0.4, -0.2) is 65.3 Å². The highest BCUT2D eigenvalue weighted by molar-refractivity contribution is 7.91. The first-order chi connectivity index (χ1) is 18.8. The second kappa shape index (κ2) is 10.3. The fraction of sp³-hybridized carbons (Fsp3) is 0.423. The number of aliphatic hydroxyl groups is 1. The van der Waals surface area contributed by atoms with E-state index >= 15 is 0 Å². The van der Waals surface area contributed by atoms with E-state index in [1.165, 1.54) is 12.1 Å². The van der Waals surface area contributed by atoms with Crippen molar-refractivity contribution < 1.29 is 41.5 Å². The summed E-state index contributed by atoms with van der Waals surface area (Å²) in [5.41, 5.74) is -0.477. The van der Waals surface area contributed by atoms with Gasteiger partial charge in [0, 0.05) is 32.0 Å². The van der Waals surface area contributed by atoms with Gasteiger partial charge in [-0.05, 0) is 42.5 Å². The van der Waals surface area contributed by atoms with Crippen molar-refractivity contribution in [2.24, 2.45) is 0 Å². The quantitative estimate of drug-likeness (QED) is 0.341. The summed E-state index contributed by atoms with van der Waals surface area (Å²) in [7, 11) is -4.30. The Morgan fingerprint density at radius 1 is 1.23 bits per heavy atom. The third kappa shape index (κ3) is 5.66. The molecule has 1 saturated carbocycles. The highest BCUT2D eigenvalue weighted by atomic mass is 32.2. The Bertz CT molecular complexity index is 1540. The average molecular weight is 596 g/mol. The number of nitrogens with zero attached hydrogens (tertiary/aromatic N) is 2. The Morgan fingerprint density at radius 3 is 2.60 bits per heavy atom. The Labute approximate surface area is 232 Å². The minimum Gasteiger partial charge on any atom is -0.480 e. The SMILES string of the molecule is CC(F)(F)c1cc(-c2ccc(S(=O)(=O)NC3(C(=O)O)CC3c3cccc(CC(=O)N4CCC(O)CC4)c3)s2)no1. The summed E-state index contributed by atoms with van der Waals surface area (Å²) in [6.45, 7) is 1.59. The van der Waals surface area contributed by atoms with Crippen molar-refractivity contribution in [1.82, 2.24) is 14.8 Å². The van der Waals surface area contributed by atoms with E-state index in [4.69, 9.17) is 0 Å². The molecule has 1 amide bonds. The minimum absolute atomic E-state index is 0.0133. The molecule has 40 heavy (non-hydrogen) atoms. The second-order valence-electron chi connectivity index (χ2n) is 10.3. The van der Waals surface area contributed by atoms with Gasteiger partial charge in [0.25, 0.3) is 10.0 Å². The van der Waals surface area contributed by atoms with Gasteiger partial charge in [-0.1, -0.05) is 29.4 Å². The fourth-order valence-electron chi connectivity index (χ4n) is 4.87. The molecule has 10 nitrogen and oxygen atoms in total. The van der Waals surface area contributed by atoms with Gasteiger partial charge in [-0.25, -0.2) is 8.42 Å². The first kappa shape index (κ1) is 28.3. The number of nitrogens with one attached hydrogen (secondary N) is 1. The van der Waals surface area contributed by atoms with Gasteiger partial charge in [-0.2, -0.15) is 13.5 Å². The fourth-order valence-corrected chi connectivity index (χ4v) is 7.53. The maximum absolute atomic E-state index is 13.5. The first-order valence-corrected chi connectivity index (χ1v) is 14.9. The molecule has 2 atom stereocenters. The van der Waals surface area contributed by atoms with Crippen LogP contribution in [0, 0.1) is 0 Å². The van der Waals surface area contributed by atoms with Crippen LogP contribution in [0.15, 0.2) is 51.2 Å². The van der Waals surface area contributed by atoms with Gasteiger partial charge in [0.2, 0.25) is 11.7 Å². The van der Waals surface area contributed by atoms with Gasteiger partial charge in [0.05, 0.1) is 17.4 Å². The molecule has 1 aromatic carbocycles. The highest BCUT2D eigenvalue weighted by Crippen LogP contribution is 2.53. The van der Waals surface area contributed by atoms with Gasteiger partial charge < -0.3 is 19.6 Å². The standard InChI is InChI=1S/C26H27F2N3O7S2/c1-25(27,28)21-13-19(29-38-21)20-5-6-23(39-20)40(36,37)30-26(24(34)35)14-18(26)16-4-2-3-15(11-16)12-22(33)31-9-7-17(32)8-10-31/h2-6,11,13,17-18,30,32H,7-10,12,14H2,1H3,(H,34,35). The number of aromatic nitrogens is 1. The van der Waals surface area contributed by atoms with Crippen molar-refractivity contribution in [3.63, 3.8) is 0 Å². The molecule has 1 saturated heterocycles. The Balaban J connectivity index is 1.30. The smallest absolute Gasteiger partial charge is 0.325 e. The molecular formula is C26H27F2N3O7S2. The van der Waals surface area contributed by atoms with Crippen LogP contribution in [0.1, 0.15) is 49.0 Å². The number of piperidine rings is 1. The Kier molecular flexibility index (Phi) is 7.31. The monoisotopic (exact) mass is 595 g/mol. The number of benzene rings is 1. The highest BCUT2D eigenvalue weighted by Gasteiger charge is 2.63. The number of carbonyl (C=O) groups is 2. The molecule has 2 aliphatic rings. The van der Waals surface area contributed by atoms with E-state index in [0.717, 1.165) is 17.4 Å². The van der Waals surface area contributed by atoms with Crippen LogP contribution in [0.3, 0.4) is 0 Å². The number of amides is 1. The van der Waals surface area contributed by atoms with Crippen molar-refractivity contribution in [1.29, 1.82) is 0 Å². The van der Waals surface area contributed by atoms with Gasteiger partial charge in [0.15, 0.2) is 0 Å². The lowest BCUT2D eigenvalue weighted by Gasteiger charge is -2.29. The molecule has 0 spiro atoms. The van der Waals surface area contributed by atoms with Gasteiger partial charge in [-0.15, -0.1) is 11.3 Å². The number of thiophene rings is 1. The first-order valence-electron chi connectivity index (χ1n) is 12.6. The molecule has 2 aromatic heterocycles. The lowest BCUT2D eigenvalue weighted by molar-refractivity contribution is -0.140. The van der Waals surface area contributed by atoms with E-state index in [9.17, 15) is 37.0 Å². The predicted molar refractivity (Wildman–Crippen MR) is 139 cm³/mol. The number of aliphatic carboxylic acids is 1. The van der Waals surface area contributed by atoms with Crippen LogP contribution in [0.4, 0.5) is 8.78 Å². The number of aliphatic hydroxyl groups excluding tert-OH is 1. The molecule has 3 aromatic rings. The zero-order chi connectivity index (χ0) is 28.9. The summed E-state index contributed by atoms with van der Waals surface area (Å²) in [6.07, 6.45) is 0.762. The summed E-state index contributed by atoms with van der Waals surface area (Å²) in [6, 6.07) is 10.5.